The molecular formula is C19H18N4O4S2. The lowest BCUT2D eigenvalue weighted by molar-refractivity contribution is -0.148. The summed E-state index contributed by atoms with van der Waals surface area (Å²) in [6.45, 7) is 3.42. The summed E-state index contributed by atoms with van der Waals surface area (Å²) >= 11 is 0.919. The molecule has 0 aliphatic heterocycles. The summed E-state index contributed by atoms with van der Waals surface area (Å²) in [5.41, 5.74) is 1.93. The van der Waals surface area contributed by atoms with Crippen LogP contribution in [0.25, 0.3) is 11.0 Å². The second kappa shape index (κ2) is 8.65. The van der Waals surface area contributed by atoms with Gasteiger partial charge in [-0.3, -0.25) is 4.79 Å². The van der Waals surface area contributed by atoms with E-state index in [0.717, 1.165) is 11.7 Å². The first kappa shape index (κ1) is 20.9. The minimum absolute atomic E-state index is 0.0267. The maximum Gasteiger partial charge on any atom is 0.324 e. The third kappa shape index (κ3) is 4.76. The Morgan fingerprint density at radius 3 is 2.59 bits per heavy atom. The molecule has 1 heterocycles. The molecule has 1 unspecified atom stereocenters. The van der Waals surface area contributed by atoms with Crippen LogP contribution in [0.2, 0.25) is 0 Å². The molecule has 0 spiro atoms. The van der Waals surface area contributed by atoms with Crippen molar-refractivity contribution in [3.8, 4) is 6.07 Å². The lowest BCUT2D eigenvalue weighted by Crippen LogP contribution is -2.45. The molecule has 29 heavy (non-hydrogen) atoms. The van der Waals surface area contributed by atoms with Crippen LogP contribution in [0, 0.1) is 17.2 Å². The van der Waals surface area contributed by atoms with Gasteiger partial charge in [0, 0.05) is 0 Å². The third-order valence-electron chi connectivity index (χ3n) is 4.21. The number of hydrogen-bond acceptors (Lipinski definition) is 8. The Bertz CT molecular complexity index is 1160. The van der Waals surface area contributed by atoms with E-state index in [-0.39, 0.29) is 22.9 Å². The number of fused-ring (bicyclic) bond motifs is 1. The van der Waals surface area contributed by atoms with Gasteiger partial charge >= 0.3 is 5.97 Å². The van der Waals surface area contributed by atoms with Crippen molar-refractivity contribution in [3.05, 3.63) is 53.6 Å². The number of nitriles is 1. The molecule has 0 saturated heterocycles. The van der Waals surface area contributed by atoms with E-state index in [9.17, 15) is 13.2 Å². The zero-order valence-electron chi connectivity index (χ0n) is 15.7. The van der Waals surface area contributed by atoms with Gasteiger partial charge in [0.05, 0.1) is 23.4 Å². The van der Waals surface area contributed by atoms with Crippen molar-refractivity contribution in [1.29, 1.82) is 5.26 Å². The molecule has 0 amide bonds. The molecule has 3 aromatic rings. The molecule has 0 aliphatic rings. The number of carbonyl (C=O) groups excluding carboxylic acids is 1. The van der Waals surface area contributed by atoms with E-state index >= 15 is 0 Å². The van der Waals surface area contributed by atoms with E-state index in [1.807, 2.05) is 6.07 Å². The number of benzene rings is 2. The average molecular weight is 431 g/mol. The van der Waals surface area contributed by atoms with Crippen LogP contribution in [0.3, 0.4) is 0 Å². The molecule has 150 valence electrons. The number of carbonyl (C=O) groups is 1. The summed E-state index contributed by atoms with van der Waals surface area (Å²) in [5, 5.41) is 8.83. The van der Waals surface area contributed by atoms with Crippen LogP contribution in [-0.4, -0.2) is 29.2 Å². The van der Waals surface area contributed by atoms with Gasteiger partial charge in [0.1, 0.15) is 28.6 Å². The SMILES string of the molecule is CC(C)C(NS(=O)(=O)c1cccc2nsnc12)C(=O)OCc1ccc(C#N)cc1. The normalized spacial score (nSPS) is 12.6. The zero-order chi connectivity index (χ0) is 21.0. The van der Waals surface area contributed by atoms with Gasteiger partial charge in [-0.15, -0.1) is 0 Å². The molecule has 1 atom stereocenters. The Kier molecular flexibility index (Phi) is 6.22. The Balaban J connectivity index is 1.75. The molecule has 0 aliphatic carbocycles. The van der Waals surface area contributed by atoms with Crippen LogP contribution in [0.15, 0.2) is 47.4 Å². The zero-order valence-corrected chi connectivity index (χ0v) is 17.3. The Morgan fingerprint density at radius 2 is 1.93 bits per heavy atom. The lowest BCUT2D eigenvalue weighted by Gasteiger charge is -2.21. The number of nitrogens with one attached hydrogen (secondary N) is 1. The molecule has 1 N–H and O–H groups in total. The van der Waals surface area contributed by atoms with E-state index in [1.165, 1.54) is 6.07 Å². The number of hydrogen-bond donors (Lipinski definition) is 1. The van der Waals surface area contributed by atoms with E-state index in [4.69, 9.17) is 10.00 Å². The van der Waals surface area contributed by atoms with Crippen molar-refractivity contribution >= 4 is 38.8 Å². The molecule has 1 aromatic heterocycles. The lowest BCUT2D eigenvalue weighted by atomic mass is 10.1. The minimum atomic E-state index is -4.02. The smallest absolute Gasteiger partial charge is 0.324 e. The highest BCUT2D eigenvalue weighted by atomic mass is 32.2. The highest BCUT2D eigenvalue weighted by Crippen LogP contribution is 2.22. The van der Waals surface area contributed by atoms with E-state index < -0.39 is 22.0 Å². The van der Waals surface area contributed by atoms with Gasteiger partial charge < -0.3 is 4.74 Å². The molecule has 2 aromatic carbocycles. The molecule has 0 saturated carbocycles. The predicted octanol–water partition coefficient (Wildman–Crippen LogP) is 2.61. The van der Waals surface area contributed by atoms with Crippen LogP contribution in [0.1, 0.15) is 25.0 Å². The van der Waals surface area contributed by atoms with Crippen molar-refractivity contribution in [2.75, 3.05) is 0 Å². The number of sulfonamides is 1. The van der Waals surface area contributed by atoms with Crippen LogP contribution < -0.4 is 4.72 Å². The third-order valence-corrected chi connectivity index (χ3v) is 6.22. The van der Waals surface area contributed by atoms with Gasteiger partial charge in [0.15, 0.2) is 0 Å². The Morgan fingerprint density at radius 1 is 1.21 bits per heavy atom. The average Bonchev–Trinajstić information content (AvgIpc) is 3.19. The van der Waals surface area contributed by atoms with Crippen LogP contribution in [0.4, 0.5) is 0 Å². The molecule has 3 rings (SSSR count). The minimum Gasteiger partial charge on any atom is -0.460 e. The summed E-state index contributed by atoms with van der Waals surface area (Å²) in [5.74, 6) is -1.03. The van der Waals surface area contributed by atoms with Crippen molar-refractivity contribution in [1.82, 2.24) is 13.5 Å². The van der Waals surface area contributed by atoms with Gasteiger partial charge in [-0.25, -0.2) is 8.42 Å². The number of ether oxygens (including phenoxy) is 1. The topological polar surface area (TPSA) is 122 Å². The maximum atomic E-state index is 12.9. The molecular weight excluding hydrogens is 412 g/mol. The van der Waals surface area contributed by atoms with E-state index in [1.54, 1.807) is 50.2 Å². The second-order valence-corrected chi connectivity index (χ2v) is 8.86. The molecule has 0 radical (unpaired) electrons. The van der Waals surface area contributed by atoms with Crippen LogP contribution >= 0.6 is 11.7 Å². The first-order valence-corrected chi connectivity index (χ1v) is 10.9. The quantitative estimate of drug-likeness (QED) is 0.572. The summed E-state index contributed by atoms with van der Waals surface area (Å²) in [6.07, 6.45) is 0. The van der Waals surface area contributed by atoms with Crippen molar-refractivity contribution in [2.24, 2.45) is 5.92 Å². The van der Waals surface area contributed by atoms with Crippen LogP contribution in [0.5, 0.6) is 0 Å². The van der Waals surface area contributed by atoms with E-state index in [2.05, 4.69) is 13.5 Å². The standard InChI is InChI=1S/C19H18N4O4S2/c1-12(2)17(19(24)27-11-14-8-6-13(10-20)7-9-14)23-29(25,26)16-5-3-4-15-18(16)22-28-21-15/h3-9,12,17,23H,11H2,1-2H3. The second-order valence-electron chi connectivity index (χ2n) is 6.65. The summed E-state index contributed by atoms with van der Waals surface area (Å²) in [6, 6.07) is 12.2. The predicted molar refractivity (Wildman–Crippen MR) is 107 cm³/mol. The Labute approximate surface area is 172 Å². The highest BCUT2D eigenvalue weighted by molar-refractivity contribution is 7.89. The maximum absolute atomic E-state index is 12.9. The summed E-state index contributed by atoms with van der Waals surface area (Å²) < 4.78 is 41.6. The van der Waals surface area contributed by atoms with Gasteiger partial charge in [-0.2, -0.15) is 18.7 Å². The fraction of sp³-hybridized carbons (Fsp3) is 0.263. The molecule has 10 heteroatoms. The largest absolute Gasteiger partial charge is 0.460 e. The van der Waals surface area contributed by atoms with Gasteiger partial charge in [0.25, 0.3) is 0 Å². The van der Waals surface area contributed by atoms with E-state index in [0.29, 0.717) is 16.6 Å². The van der Waals surface area contributed by atoms with Crippen molar-refractivity contribution < 1.29 is 17.9 Å². The molecule has 0 bridgehead atoms. The fourth-order valence-electron chi connectivity index (χ4n) is 2.60. The monoisotopic (exact) mass is 430 g/mol. The Hall–Kier alpha value is -2.87. The van der Waals surface area contributed by atoms with Crippen molar-refractivity contribution in [3.63, 3.8) is 0 Å². The first-order chi connectivity index (χ1) is 13.8. The molecule has 0 fully saturated rings. The van der Waals surface area contributed by atoms with Gasteiger partial charge in [0.2, 0.25) is 10.0 Å². The number of rotatable bonds is 7. The number of nitrogens with zero attached hydrogens (tertiary/aromatic N) is 3. The van der Waals surface area contributed by atoms with Gasteiger partial charge in [-0.1, -0.05) is 32.0 Å². The molecule has 8 nitrogen and oxygen atoms in total. The van der Waals surface area contributed by atoms with Crippen molar-refractivity contribution in [2.45, 2.75) is 31.4 Å². The highest BCUT2D eigenvalue weighted by Gasteiger charge is 2.31. The number of aromatic nitrogens is 2. The van der Waals surface area contributed by atoms with Crippen LogP contribution in [-0.2, 0) is 26.2 Å². The first-order valence-electron chi connectivity index (χ1n) is 8.71. The summed E-state index contributed by atoms with van der Waals surface area (Å²) in [7, 11) is -4.02. The summed E-state index contributed by atoms with van der Waals surface area (Å²) in [4.78, 5) is 12.5. The fourth-order valence-corrected chi connectivity index (χ4v) is 4.70. The number of esters is 1. The van der Waals surface area contributed by atoms with Gasteiger partial charge in [-0.05, 0) is 35.7 Å².